The predicted octanol–water partition coefficient (Wildman–Crippen LogP) is 3.76. The summed E-state index contributed by atoms with van der Waals surface area (Å²) in [7, 11) is 0. The molecule has 18 heavy (non-hydrogen) atoms. The molecule has 0 bridgehead atoms. The number of hydrogen-bond acceptors (Lipinski definition) is 3. The third-order valence-corrected chi connectivity index (χ3v) is 4.04. The monoisotopic (exact) mass is 264 g/mol. The lowest BCUT2D eigenvalue weighted by Crippen LogP contribution is -1.94. The van der Waals surface area contributed by atoms with Gasteiger partial charge in [0.25, 0.3) is 0 Å². The van der Waals surface area contributed by atoms with Crippen LogP contribution in [-0.4, -0.2) is 0 Å². The number of halogens is 2. The fourth-order valence-corrected chi connectivity index (χ4v) is 2.78. The Bertz CT molecular complexity index is 669. The van der Waals surface area contributed by atoms with Gasteiger partial charge in [0.15, 0.2) is 0 Å². The summed E-state index contributed by atoms with van der Waals surface area (Å²) >= 11 is 1.01. The Labute approximate surface area is 107 Å². The fourth-order valence-electron chi connectivity index (χ4n) is 1.71. The molecule has 0 unspecified atom stereocenters. The van der Waals surface area contributed by atoms with Crippen molar-refractivity contribution in [1.29, 1.82) is 5.26 Å². The Morgan fingerprint density at radius 2 is 1.94 bits per heavy atom. The molecule has 0 aliphatic rings. The van der Waals surface area contributed by atoms with Crippen LogP contribution in [0.3, 0.4) is 0 Å². The van der Waals surface area contributed by atoms with Gasteiger partial charge >= 0.3 is 0 Å². The van der Waals surface area contributed by atoms with E-state index in [0.717, 1.165) is 11.3 Å². The summed E-state index contributed by atoms with van der Waals surface area (Å²) in [6.07, 6.45) is 0. The van der Waals surface area contributed by atoms with Gasteiger partial charge < -0.3 is 5.73 Å². The van der Waals surface area contributed by atoms with Crippen LogP contribution < -0.4 is 5.73 Å². The molecule has 1 heterocycles. The molecule has 1 aromatic carbocycles. The van der Waals surface area contributed by atoms with Crippen molar-refractivity contribution in [2.75, 3.05) is 5.73 Å². The summed E-state index contributed by atoms with van der Waals surface area (Å²) in [5, 5.41) is 8.89. The summed E-state index contributed by atoms with van der Waals surface area (Å²) in [6.45, 7) is 3.22. The Balaban J connectivity index is 2.78. The fraction of sp³-hybridized carbons (Fsp3) is 0.154. The topological polar surface area (TPSA) is 49.8 Å². The van der Waals surface area contributed by atoms with Crippen LogP contribution in [-0.2, 0) is 0 Å². The van der Waals surface area contributed by atoms with Crippen molar-refractivity contribution in [1.82, 2.24) is 0 Å². The second kappa shape index (κ2) is 4.39. The Morgan fingerprint density at radius 3 is 2.50 bits per heavy atom. The second-order valence-corrected chi connectivity index (χ2v) is 4.98. The van der Waals surface area contributed by atoms with E-state index < -0.39 is 11.6 Å². The van der Waals surface area contributed by atoms with Crippen LogP contribution in [0.25, 0.3) is 10.4 Å². The second-order valence-electron chi connectivity index (χ2n) is 3.96. The van der Waals surface area contributed by atoms with Crippen LogP contribution in [0.1, 0.15) is 16.0 Å². The highest BCUT2D eigenvalue weighted by atomic mass is 32.1. The summed E-state index contributed by atoms with van der Waals surface area (Å²) in [6, 6.07) is 4.53. The van der Waals surface area contributed by atoms with E-state index in [-0.39, 0.29) is 16.1 Å². The molecular weight excluding hydrogens is 254 g/mol. The van der Waals surface area contributed by atoms with Crippen LogP contribution in [0.15, 0.2) is 12.1 Å². The lowest BCUT2D eigenvalue weighted by molar-refractivity contribution is 0.584. The summed E-state index contributed by atoms with van der Waals surface area (Å²) in [5.74, 6) is -1.25. The van der Waals surface area contributed by atoms with Crippen molar-refractivity contribution >= 4 is 17.0 Å². The summed E-state index contributed by atoms with van der Waals surface area (Å²) in [5.41, 5.74) is 6.82. The maximum Gasteiger partial charge on any atom is 0.137 e. The van der Waals surface area contributed by atoms with Crippen LogP contribution >= 0.6 is 11.3 Å². The van der Waals surface area contributed by atoms with Crippen molar-refractivity contribution in [3.05, 3.63) is 39.8 Å². The van der Waals surface area contributed by atoms with E-state index in [1.165, 1.54) is 12.1 Å². The van der Waals surface area contributed by atoms with Crippen LogP contribution in [0.4, 0.5) is 14.5 Å². The highest BCUT2D eigenvalue weighted by molar-refractivity contribution is 7.16. The molecule has 0 aliphatic carbocycles. The first kappa shape index (κ1) is 12.5. The lowest BCUT2D eigenvalue weighted by atomic mass is 10.1. The van der Waals surface area contributed by atoms with Crippen LogP contribution in [0, 0.1) is 36.8 Å². The number of nitrogen functional groups attached to an aromatic ring is 1. The molecule has 0 amide bonds. The molecular formula is C13H10F2N2S. The lowest BCUT2D eigenvalue weighted by Gasteiger charge is -2.06. The third kappa shape index (κ3) is 1.75. The molecule has 92 valence electrons. The molecule has 2 aromatic rings. The quantitative estimate of drug-likeness (QED) is 0.852. The van der Waals surface area contributed by atoms with Crippen molar-refractivity contribution in [3.8, 4) is 16.5 Å². The predicted molar refractivity (Wildman–Crippen MR) is 68.3 cm³/mol. The van der Waals surface area contributed by atoms with Crippen LogP contribution in [0.2, 0.25) is 0 Å². The smallest absolute Gasteiger partial charge is 0.137 e. The van der Waals surface area contributed by atoms with Crippen molar-refractivity contribution in [3.63, 3.8) is 0 Å². The van der Waals surface area contributed by atoms with E-state index in [4.69, 9.17) is 11.0 Å². The molecule has 0 aliphatic heterocycles. The standard InChI is InChI=1S/C13H10F2N2S/c1-6-3-4-8(14)10(11(6)15)13-7(2)12(17)9(5-16)18-13/h3-4H,17H2,1-2H3. The van der Waals surface area contributed by atoms with E-state index >= 15 is 0 Å². The molecule has 0 atom stereocenters. The first-order chi connectivity index (χ1) is 8.47. The summed E-state index contributed by atoms with van der Waals surface area (Å²) < 4.78 is 27.8. The molecule has 2 nitrogen and oxygen atoms in total. The third-order valence-electron chi connectivity index (χ3n) is 2.81. The number of hydrogen-bond donors (Lipinski definition) is 1. The van der Waals surface area contributed by atoms with Gasteiger partial charge in [0, 0.05) is 4.88 Å². The number of thiophene rings is 1. The maximum atomic E-state index is 14.0. The first-order valence-electron chi connectivity index (χ1n) is 5.21. The number of anilines is 1. The zero-order chi connectivity index (χ0) is 13.4. The number of aryl methyl sites for hydroxylation is 1. The zero-order valence-electron chi connectivity index (χ0n) is 9.84. The number of benzene rings is 1. The average molecular weight is 264 g/mol. The molecule has 0 saturated heterocycles. The number of nitrogens with two attached hydrogens (primary N) is 1. The highest BCUT2D eigenvalue weighted by Gasteiger charge is 2.20. The van der Waals surface area contributed by atoms with E-state index in [9.17, 15) is 8.78 Å². The molecule has 0 fully saturated rings. The summed E-state index contributed by atoms with van der Waals surface area (Å²) in [4.78, 5) is 0.658. The largest absolute Gasteiger partial charge is 0.397 e. The van der Waals surface area contributed by atoms with Gasteiger partial charge in [-0.2, -0.15) is 5.26 Å². The highest BCUT2D eigenvalue weighted by Crippen LogP contribution is 2.40. The van der Waals surface area contributed by atoms with Gasteiger partial charge in [-0.1, -0.05) is 6.07 Å². The Kier molecular flexibility index (Phi) is 3.05. The maximum absolute atomic E-state index is 14.0. The minimum atomic E-state index is -0.646. The SMILES string of the molecule is Cc1ccc(F)c(-c2sc(C#N)c(N)c2C)c1F. The Morgan fingerprint density at radius 1 is 1.28 bits per heavy atom. The van der Waals surface area contributed by atoms with Crippen LogP contribution in [0.5, 0.6) is 0 Å². The van der Waals surface area contributed by atoms with Crippen molar-refractivity contribution in [2.24, 2.45) is 0 Å². The van der Waals surface area contributed by atoms with Gasteiger partial charge in [-0.05, 0) is 31.0 Å². The van der Waals surface area contributed by atoms with Gasteiger partial charge in [0.2, 0.25) is 0 Å². The van der Waals surface area contributed by atoms with E-state index in [1.54, 1.807) is 13.8 Å². The molecule has 0 radical (unpaired) electrons. The van der Waals surface area contributed by atoms with Gasteiger partial charge in [-0.3, -0.25) is 0 Å². The van der Waals surface area contributed by atoms with E-state index in [0.29, 0.717) is 16.0 Å². The molecule has 0 spiro atoms. The molecule has 5 heteroatoms. The number of nitrogens with zero attached hydrogens (tertiary/aromatic N) is 1. The van der Waals surface area contributed by atoms with Crippen molar-refractivity contribution in [2.45, 2.75) is 13.8 Å². The molecule has 1 aromatic heterocycles. The zero-order valence-corrected chi connectivity index (χ0v) is 10.7. The first-order valence-corrected chi connectivity index (χ1v) is 6.03. The average Bonchev–Trinajstić information content (AvgIpc) is 2.62. The van der Waals surface area contributed by atoms with E-state index in [2.05, 4.69) is 0 Å². The minimum Gasteiger partial charge on any atom is -0.397 e. The normalized spacial score (nSPS) is 10.4. The molecule has 2 rings (SSSR count). The minimum absolute atomic E-state index is 0.106. The van der Waals surface area contributed by atoms with E-state index in [1.807, 2.05) is 6.07 Å². The van der Waals surface area contributed by atoms with Crippen molar-refractivity contribution < 1.29 is 8.78 Å². The number of nitriles is 1. The van der Waals surface area contributed by atoms with Gasteiger partial charge in [0.1, 0.15) is 22.6 Å². The van der Waals surface area contributed by atoms with Gasteiger partial charge in [-0.25, -0.2) is 8.78 Å². The number of rotatable bonds is 1. The Hall–Kier alpha value is -1.93. The molecule has 0 saturated carbocycles. The van der Waals surface area contributed by atoms with Gasteiger partial charge in [0.05, 0.1) is 11.3 Å². The molecule has 2 N–H and O–H groups in total. The van der Waals surface area contributed by atoms with Gasteiger partial charge in [-0.15, -0.1) is 11.3 Å².